The summed E-state index contributed by atoms with van der Waals surface area (Å²) < 4.78 is 0. The zero-order valence-corrected chi connectivity index (χ0v) is 8.65. The molecule has 4 heteroatoms. The van der Waals surface area contributed by atoms with Crippen molar-refractivity contribution < 1.29 is 63.2 Å². The molecule has 0 fully saturated rings. The van der Waals surface area contributed by atoms with Gasteiger partial charge in [-0.3, -0.25) is 0 Å². The Bertz CT molecular complexity index is 11.5. The molecule has 0 nitrogen and oxygen atoms in total. The Morgan fingerprint density at radius 3 is 1.00 bits per heavy atom. The van der Waals surface area contributed by atoms with Crippen molar-refractivity contribution in [1.82, 2.24) is 0 Å². The monoisotopic (exact) mass is 170 g/mol. The molecule has 0 spiro atoms. The quantitative estimate of drug-likeness (QED) is 0.251. The van der Waals surface area contributed by atoms with Crippen LogP contribution in [-0.4, -0.2) is 0 Å². The van der Waals surface area contributed by atoms with E-state index in [0.717, 1.165) is 0 Å². The molecule has 0 saturated heterocycles. The normalized spacial score (nSPS) is 1.00. The maximum Gasteiger partial charge on any atom is 2.00 e. The van der Waals surface area contributed by atoms with E-state index < -0.39 is 0 Å². The molecule has 0 atom stereocenters. The van der Waals surface area contributed by atoms with E-state index in [1.165, 1.54) is 0 Å². The first kappa shape index (κ1) is 46.0. The second-order valence-electron chi connectivity index (χ2n) is 0. The third-order valence-electron chi connectivity index (χ3n) is 0. The van der Waals surface area contributed by atoms with Gasteiger partial charge in [0.05, 0.1) is 0 Å². The second kappa shape index (κ2) is 70.6. The van der Waals surface area contributed by atoms with E-state index in [-0.39, 0.29) is 63.2 Å². The topological polar surface area (TPSA) is 0 Å². The van der Waals surface area contributed by atoms with E-state index in [2.05, 4.69) is 6.92 Å². The maximum absolute atomic E-state index is 3.25. The number of hydrogen-bond donors (Lipinski definition) is 0. The first-order chi connectivity index (χ1) is 1.00. The largest absolute Gasteiger partial charge is 2.00 e. The van der Waals surface area contributed by atoms with Gasteiger partial charge in [-0.15, -0.1) is 0 Å². The van der Waals surface area contributed by atoms with Crippen molar-refractivity contribution in [1.29, 1.82) is 0 Å². The molecule has 30 valence electrons. The molecule has 0 aliphatic carbocycles. The standard InChI is InChI=1S/C2H5.2ClH.Li.Zn/c1-2;;;;/h1H2,2H3;2*1H;;/q-1;;;+1;+2/p-2. The molecule has 0 aromatic heterocycles. The van der Waals surface area contributed by atoms with Gasteiger partial charge in [-0.05, 0) is 0 Å². The van der Waals surface area contributed by atoms with Crippen molar-refractivity contribution >= 4 is 0 Å². The predicted molar refractivity (Wildman–Crippen MR) is 11.0 cm³/mol. The third kappa shape index (κ3) is 41.2. The van der Waals surface area contributed by atoms with Gasteiger partial charge in [0.2, 0.25) is 0 Å². The third-order valence-corrected chi connectivity index (χ3v) is 0. The molecule has 0 radical (unpaired) electrons. The minimum Gasteiger partial charge on any atom is -1.00 e. The van der Waals surface area contributed by atoms with Crippen LogP contribution in [-0.2, 0) is 19.5 Å². The van der Waals surface area contributed by atoms with Gasteiger partial charge in [0.25, 0.3) is 0 Å². The summed E-state index contributed by atoms with van der Waals surface area (Å²) in [6, 6.07) is 0. The first-order valence-corrected chi connectivity index (χ1v) is 0.707. The first-order valence-electron chi connectivity index (χ1n) is 0.707. The Kier molecular flexibility index (Phi) is 541. The van der Waals surface area contributed by atoms with E-state index in [1.807, 2.05) is 0 Å². The Morgan fingerprint density at radius 2 is 1.00 bits per heavy atom. The van der Waals surface area contributed by atoms with Crippen LogP contribution < -0.4 is 43.7 Å². The minimum atomic E-state index is 0. The van der Waals surface area contributed by atoms with Crippen LogP contribution >= 0.6 is 0 Å². The van der Waals surface area contributed by atoms with E-state index >= 15 is 0 Å². The van der Waals surface area contributed by atoms with Crippen LogP contribution in [0.1, 0.15) is 6.92 Å². The Balaban J connectivity index is -0.000000000833. The van der Waals surface area contributed by atoms with E-state index in [4.69, 9.17) is 0 Å². The van der Waals surface area contributed by atoms with Crippen LogP contribution in [0, 0.1) is 6.92 Å². The SMILES string of the molecule is [CH2-]C.[Cl-].[Cl-].[Li+].[Zn+2]. The summed E-state index contributed by atoms with van der Waals surface area (Å²) in [4.78, 5) is 0. The Morgan fingerprint density at radius 1 is 1.00 bits per heavy atom. The van der Waals surface area contributed by atoms with Crippen molar-refractivity contribution in [2.45, 2.75) is 6.92 Å². The van der Waals surface area contributed by atoms with Gasteiger partial charge in [-0.1, -0.05) is 0 Å². The zero-order chi connectivity index (χ0) is 2.00. The van der Waals surface area contributed by atoms with Gasteiger partial charge < -0.3 is 31.7 Å². The Hall–Kier alpha value is 1.80. The molecular formula is C2H5Cl2LiZn. The van der Waals surface area contributed by atoms with Crippen molar-refractivity contribution in [2.75, 3.05) is 0 Å². The average molecular weight is 172 g/mol. The van der Waals surface area contributed by atoms with Gasteiger partial charge in [0, 0.05) is 0 Å². The maximum atomic E-state index is 3.25. The van der Waals surface area contributed by atoms with E-state index in [1.54, 1.807) is 6.92 Å². The van der Waals surface area contributed by atoms with Crippen molar-refractivity contribution in [3.63, 3.8) is 0 Å². The zero-order valence-electron chi connectivity index (χ0n) is 4.17. The average Bonchev–Trinajstić information content (AvgIpc) is 1.00. The van der Waals surface area contributed by atoms with Crippen LogP contribution in [0.2, 0.25) is 0 Å². The van der Waals surface area contributed by atoms with E-state index in [9.17, 15) is 0 Å². The molecular weight excluding hydrogens is 167 g/mol. The summed E-state index contributed by atoms with van der Waals surface area (Å²) in [7, 11) is 0. The summed E-state index contributed by atoms with van der Waals surface area (Å²) in [6.45, 7) is 5.00. The van der Waals surface area contributed by atoms with Crippen LogP contribution in [0.3, 0.4) is 0 Å². The number of hydrogen-bond acceptors (Lipinski definition) is 0. The van der Waals surface area contributed by atoms with Gasteiger partial charge in [-0.25, -0.2) is 0 Å². The molecule has 0 aromatic rings. The molecule has 0 N–H and O–H groups in total. The fourth-order valence-electron chi connectivity index (χ4n) is 0. The summed E-state index contributed by atoms with van der Waals surface area (Å²) in [5, 5.41) is 0. The smallest absolute Gasteiger partial charge is 1.00 e. The molecule has 0 amide bonds. The number of halogens is 2. The molecule has 0 saturated carbocycles. The number of rotatable bonds is 0. The Labute approximate surface area is 76.6 Å². The summed E-state index contributed by atoms with van der Waals surface area (Å²) in [5.74, 6) is 0. The van der Waals surface area contributed by atoms with Gasteiger partial charge >= 0.3 is 38.3 Å². The summed E-state index contributed by atoms with van der Waals surface area (Å²) in [6.07, 6.45) is 0. The van der Waals surface area contributed by atoms with Crippen molar-refractivity contribution in [3.8, 4) is 0 Å². The molecule has 0 bridgehead atoms. The predicted octanol–water partition coefficient (Wildman–Crippen LogP) is -8.15. The molecule has 0 aliphatic heterocycles. The fourth-order valence-corrected chi connectivity index (χ4v) is 0. The van der Waals surface area contributed by atoms with Crippen LogP contribution in [0.15, 0.2) is 0 Å². The fraction of sp³-hybridized carbons (Fsp3) is 0.500. The van der Waals surface area contributed by atoms with Crippen LogP contribution in [0.4, 0.5) is 0 Å². The van der Waals surface area contributed by atoms with Gasteiger partial charge in [-0.2, -0.15) is 6.92 Å². The van der Waals surface area contributed by atoms with E-state index in [0.29, 0.717) is 0 Å². The molecule has 6 heavy (non-hydrogen) atoms. The van der Waals surface area contributed by atoms with Crippen LogP contribution in [0.5, 0.6) is 0 Å². The van der Waals surface area contributed by atoms with Gasteiger partial charge in [0.15, 0.2) is 0 Å². The summed E-state index contributed by atoms with van der Waals surface area (Å²) >= 11 is 0. The second-order valence-corrected chi connectivity index (χ2v) is 0. The minimum absolute atomic E-state index is 0. The van der Waals surface area contributed by atoms with Crippen molar-refractivity contribution in [2.24, 2.45) is 0 Å². The summed E-state index contributed by atoms with van der Waals surface area (Å²) in [5.41, 5.74) is 0. The van der Waals surface area contributed by atoms with Crippen LogP contribution in [0.25, 0.3) is 0 Å². The van der Waals surface area contributed by atoms with Gasteiger partial charge in [0.1, 0.15) is 0 Å². The molecule has 0 heterocycles. The molecule has 0 aliphatic rings. The molecule has 0 unspecified atom stereocenters. The molecule has 0 aromatic carbocycles. The van der Waals surface area contributed by atoms with Crippen molar-refractivity contribution in [3.05, 3.63) is 6.92 Å². The molecule has 0 rings (SSSR count).